The van der Waals surface area contributed by atoms with Crippen molar-refractivity contribution in [1.82, 2.24) is 14.9 Å². The van der Waals surface area contributed by atoms with E-state index in [0.717, 1.165) is 5.75 Å². The molecule has 0 saturated heterocycles. The Morgan fingerprint density at radius 2 is 1.96 bits per heavy atom. The Morgan fingerprint density at radius 3 is 2.64 bits per heavy atom. The number of aromatic nitrogens is 3. The largest absolute Gasteiger partial charge is 0.494 e. The Bertz CT molecular complexity index is 979. The van der Waals surface area contributed by atoms with Crippen LogP contribution in [0.4, 0.5) is 5.69 Å². The predicted octanol–water partition coefficient (Wildman–Crippen LogP) is 4.10. The molecule has 1 aromatic heterocycles. The molecule has 1 amide bonds. The maximum Gasteiger partial charge on any atom is 0.234 e. The lowest BCUT2D eigenvalue weighted by molar-refractivity contribution is -0.113. The monoisotopic (exact) mass is 437 g/mol. The Kier molecular flexibility index (Phi) is 6.66. The van der Waals surface area contributed by atoms with E-state index in [1.54, 1.807) is 42.5 Å². The summed E-state index contributed by atoms with van der Waals surface area (Å²) in [6.07, 6.45) is 0. The maximum absolute atomic E-state index is 12.2. The third-order valence-electron chi connectivity index (χ3n) is 3.62. The SMILES string of the molecule is CCOc1ccc(NC(=O)CSc2nnc(-c3ccc(Cl)cc3Cl)n2N)cc1. The van der Waals surface area contributed by atoms with E-state index in [-0.39, 0.29) is 11.7 Å². The fraction of sp³-hybridized carbons (Fsp3) is 0.167. The molecular formula is C18H17Cl2N5O2S. The number of hydrogen-bond acceptors (Lipinski definition) is 6. The standard InChI is InChI=1S/C18H17Cl2N5O2S/c1-2-27-13-6-4-12(5-7-13)22-16(26)10-28-18-24-23-17(25(18)21)14-8-3-11(19)9-15(14)20/h3-9H,2,10,21H2,1H3,(H,22,26). The van der Waals surface area contributed by atoms with Crippen molar-refractivity contribution in [1.29, 1.82) is 0 Å². The lowest BCUT2D eigenvalue weighted by Crippen LogP contribution is -2.16. The summed E-state index contributed by atoms with van der Waals surface area (Å²) >= 11 is 13.3. The number of nitrogen functional groups attached to an aromatic ring is 1. The first-order chi connectivity index (χ1) is 13.5. The average molecular weight is 438 g/mol. The van der Waals surface area contributed by atoms with Gasteiger partial charge in [-0.1, -0.05) is 35.0 Å². The van der Waals surface area contributed by atoms with Crippen LogP contribution in [0.3, 0.4) is 0 Å². The minimum atomic E-state index is -0.191. The van der Waals surface area contributed by atoms with Crippen LogP contribution in [0.25, 0.3) is 11.4 Å². The van der Waals surface area contributed by atoms with Crippen LogP contribution in [-0.2, 0) is 4.79 Å². The van der Waals surface area contributed by atoms with Crippen LogP contribution in [0.15, 0.2) is 47.6 Å². The summed E-state index contributed by atoms with van der Waals surface area (Å²) in [5.74, 6) is 7.13. The van der Waals surface area contributed by atoms with E-state index < -0.39 is 0 Å². The molecule has 1 heterocycles. The molecule has 2 aromatic carbocycles. The van der Waals surface area contributed by atoms with Crippen molar-refractivity contribution in [2.75, 3.05) is 23.5 Å². The summed E-state index contributed by atoms with van der Waals surface area (Å²) in [4.78, 5) is 12.2. The number of nitrogens with one attached hydrogen (secondary N) is 1. The number of hydrogen-bond donors (Lipinski definition) is 2. The number of rotatable bonds is 7. The lowest BCUT2D eigenvalue weighted by Gasteiger charge is -2.07. The zero-order valence-corrected chi connectivity index (χ0v) is 17.2. The van der Waals surface area contributed by atoms with Crippen molar-refractivity contribution < 1.29 is 9.53 Å². The molecule has 0 fully saturated rings. The van der Waals surface area contributed by atoms with Crippen LogP contribution >= 0.6 is 35.0 Å². The third-order valence-corrected chi connectivity index (χ3v) is 5.11. The van der Waals surface area contributed by atoms with Gasteiger partial charge in [0.2, 0.25) is 11.1 Å². The lowest BCUT2D eigenvalue weighted by atomic mass is 10.2. The van der Waals surface area contributed by atoms with Gasteiger partial charge in [0.25, 0.3) is 0 Å². The summed E-state index contributed by atoms with van der Waals surface area (Å²) < 4.78 is 6.67. The number of anilines is 1. The molecule has 7 nitrogen and oxygen atoms in total. The van der Waals surface area contributed by atoms with Crippen molar-refractivity contribution in [3.8, 4) is 17.1 Å². The molecule has 0 aliphatic rings. The quantitative estimate of drug-likeness (QED) is 0.426. The van der Waals surface area contributed by atoms with Crippen molar-refractivity contribution in [3.63, 3.8) is 0 Å². The molecule has 146 valence electrons. The molecule has 0 radical (unpaired) electrons. The zero-order chi connectivity index (χ0) is 20.1. The third kappa shape index (κ3) is 4.89. The van der Waals surface area contributed by atoms with Crippen molar-refractivity contribution in [2.24, 2.45) is 0 Å². The van der Waals surface area contributed by atoms with E-state index in [1.165, 1.54) is 16.4 Å². The first-order valence-electron chi connectivity index (χ1n) is 8.29. The molecule has 0 atom stereocenters. The predicted molar refractivity (Wildman–Crippen MR) is 113 cm³/mol. The van der Waals surface area contributed by atoms with Crippen LogP contribution in [0.2, 0.25) is 10.0 Å². The van der Waals surface area contributed by atoms with Gasteiger partial charge in [-0.15, -0.1) is 10.2 Å². The van der Waals surface area contributed by atoms with Gasteiger partial charge in [0, 0.05) is 16.3 Å². The molecule has 0 aliphatic carbocycles. The highest BCUT2D eigenvalue weighted by atomic mass is 35.5. The fourth-order valence-electron chi connectivity index (χ4n) is 2.36. The molecule has 3 rings (SSSR count). The number of ether oxygens (including phenoxy) is 1. The number of carbonyl (C=O) groups is 1. The first kappa shape index (κ1) is 20.3. The van der Waals surface area contributed by atoms with E-state index >= 15 is 0 Å². The minimum absolute atomic E-state index is 0.122. The second-order valence-corrected chi connectivity index (χ2v) is 7.38. The van der Waals surface area contributed by atoms with Gasteiger partial charge < -0.3 is 15.9 Å². The second kappa shape index (κ2) is 9.18. The molecule has 0 unspecified atom stereocenters. The molecule has 0 bridgehead atoms. The van der Waals surface area contributed by atoms with Gasteiger partial charge in [0.05, 0.1) is 17.4 Å². The number of thioether (sulfide) groups is 1. The van der Waals surface area contributed by atoms with Gasteiger partial charge in [-0.3, -0.25) is 4.79 Å². The summed E-state index contributed by atoms with van der Waals surface area (Å²) in [7, 11) is 0. The number of benzene rings is 2. The van der Waals surface area contributed by atoms with Gasteiger partial charge >= 0.3 is 0 Å². The van der Waals surface area contributed by atoms with E-state index in [0.29, 0.717) is 38.9 Å². The van der Waals surface area contributed by atoms with Crippen molar-refractivity contribution in [2.45, 2.75) is 12.1 Å². The van der Waals surface area contributed by atoms with Crippen molar-refractivity contribution >= 4 is 46.6 Å². The molecule has 3 aromatic rings. The molecule has 0 spiro atoms. The van der Waals surface area contributed by atoms with E-state index in [9.17, 15) is 4.79 Å². The number of carbonyl (C=O) groups excluding carboxylic acids is 1. The van der Waals surface area contributed by atoms with Gasteiger partial charge in [-0.05, 0) is 49.4 Å². The highest BCUT2D eigenvalue weighted by Crippen LogP contribution is 2.30. The van der Waals surface area contributed by atoms with Gasteiger partial charge in [-0.2, -0.15) is 0 Å². The highest BCUT2D eigenvalue weighted by molar-refractivity contribution is 7.99. The maximum atomic E-state index is 12.2. The first-order valence-corrected chi connectivity index (χ1v) is 10.0. The van der Waals surface area contributed by atoms with Crippen LogP contribution in [0.5, 0.6) is 5.75 Å². The number of nitrogens with zero attached hydrogens (tertiary/aromatic N) is 3. The van der Waals surface area contributed by atoms with Crippen LogP contribution in [0, 0.1) is 0 Å². The fourth-order valence-corrected chi connectivity index (χ4v) is 3.51. The molecule has 0 saturated carbocycles. The van der Waals surface area contributed by atoms with Crippen LogP contribution in [-0.4, -0.2) is 33.1 Å². The normalized spacial score (nSPS) is 10.7. The number of halogens is 2. The second-order valence-electron chi connectivity index (χ2n) is 5.59. The molecule has 10 heteroatoms. The van der Waals surface area contributed by atoms with Crippen LogP contribution in [0.1, 0.15) is 6.92 Å². The minimum Gasteiger partial charge on any atom is -0.494 e. The molecule has 3 N–H and O–H groups in total. The smallest absolute Gasteiger partial charge is 0.234 e. The van der Waals surface area contributed by atoms with Gasteiger partial charge in [0.1, 0.15) is 5.75 Å². The van der Waals surface area contributed by atoms with E-state index in [4.69, 9.17) is 33.8 Å². The summed E-state index contributed by atoms with van der Waals surface area (Å²) in [6.45, 7) is 2.50. The van der Waals surface area contributed by atoms with Gasteiger partial charge in [0.15, 0.2) is 5.82 Å². The number of amides is 1. The average Bonchev–Trinajstić information content (AvgIpc) is 3.02. The summed E-state index contributed by atoms with van der Waals surface area (Å²) in [5, 5.41) is 12.2. The molecule has 28 heavy (non-hydrogen) atoms. The Morgan fingerprint density at radius 1 is 1.21 bits per heavy atom. The van der Waals surface area contributed by atoms with E-state index in [2.05, 4.69) is 15.5 Å². The summed E-state index contributed by atoms with van der Waals surface area (Å²) in [5.41, 5.74) is 1.28. The zero-order valence-electron chi connectivity index (χ0n) is 14.9. The van der Waals surface area contributed by atoms with E-state index in [1.807, 2.05) is 6.92 Å². The van der Waals surface area contributed by atoms with Crippen LogP contribution < -0.4 is 15.9 Å². The Labute approximate surface area is 176 Å². The van der Waals surface area contributed by atoms with Crippen molar-refractivity contribution in [3.05, 3.63) is 52.5 Å². The van der Waals surface area contributed by atoms with Gasteiger partial charge in [-0.25, -0.2) is 4.68 Å². The number of nitrogens with two attached hydrogens (primary N) is 1. The topological polar surface area (TPSA) is 95.1 Å². The highest BCUT2D eigenvalue weighted by Gasteiger charge is 2.16. The molecular weight excluding hydrogens is 421 g/mol. The Balaban J connectivity index is 1.61. The Hall–Kier alpha value is -2.42. The molecule has 0 aliphatic heterocycles. The summed E-state index contributed by atoms with van der Waals surface area (Å²) in [6, 6.07) is 12.2.